The van der Waals surface area contributed by atoms with E-state index in [1.165, 1.54) is 0 Å². The van der Waals surface area contributed by atoms with Crippen LogP contribution in [0.3, 0.4) is 0 Å². The van der Waals surface area contributed by atoms with Gasteiger partial charge in [0, 0.05) is 22.2 Å². The van der Waals surface area contributed by atoms with Crippen LogP contribution in [-0.4, -0.2) is 15.0 Å². The maximum atomic E-state index is 6.19. The van der Waals surface area contributed by atoms with E-state index in [1.54, 1.807) is 18.2 Å². The van der Waals surface area contributed by atoms with Crippen molar-refractivity contribution in [3.8, 4) is 5.75 Å². The Morgan fingerprint density at radius 2 is 1.92 bits per heavy atom. The van der Waals surface area contributed by atoms with Crippen LogP contribution in [0.4, 0.5) is 0 Å². The number of aromatic nitrogens is 3. The third-order valence-electron chi connectivity index (χ3n) is 3.61. The molecular formula is C18H18BrCl2N3O. The van der Waals surface area contributed by atoms with E-state index in [-0.39, 0.29) is 5.41 Å². The molecule has 0 amide bonds. The predicted octanol–water partition coefficient (Wildman–Crippen LogP) is 6.13. The summed E-state index contributed by atoms with van der Waals surface area (Å²) >= 11 is 15.8. The Balaban J connectivity index is 1.86. The zero-order chi connectivity index (χ0) is 18.2. The smallest absolute Gasteiger partial charge is 0.136 e. The molecule has 0 saturated carbocycles. The monoisotopic (exact) mass is 441 g/mol. The standard InChI is InChI=1S/C18H18BrCl2N3O/c1-18(2,3)10-24-14-6-7-15(16(19)17(14)22-23-24)25-9-11-8-12(20)4-5-13(11)21/h4-8H,9-10H2,1-3H3. The van der Waals surface area contributed by atoms with E-state index in [0.717, 1.165) is 27.6 Å². The first-order chi connectivity index (χ1) is 11.7. The Hall–Kier alpha value is -1.30. The molecule has 0 aliphatic carbocycles. The van der Waals surface area contributed by atoms with E-state index in [9.17, 15) is 0 Å². The summed E-state index contributed by atoms with van der Waals surface area (Å²) in [6, 6.07) is 9.20. The van der Waals surface area contributed by atoms with Gasteiger partial charge in [-0.05, 0) is 51.7 Å². The Kier molecular flexibility index (Phi) is 5.28. The van der Waals surface area contributed by atoms with Crippen molar-refractivity contribution in [1.82, 2.24) is 15.0 Å². The molecule has 7 heteroatoms. The molecule has 4 nitrogen and oxygen atoms in total. The molecule has 0 aliphatic heterocycles. The van der Waals surface area contributed by atoms with Crippen molar-refractivity contribution >= 4 is 50.2 Å². The Morgan fingerprint density at radius 1 is 1.16 bits per heavy atom. The van der Waals surface area contributed by atoms with Gasteiger partial charge in [0.1, 0.15) is 17.9 Å². The quantitative estimate of drug-likeness (QED) is 0.488. The maximum absolute atomic E-state index is 6.19. The number of rotatable bonds is 4. The predicted molar refractivity (Wildman–Crippen MR) is 105 cm³/mol. The highest BCUT2D eigenvalue weighted by Gasteiger charge is 2.17. The molecule has 1 heterocycles. The second kappa shape index (κ2) is 7.14. The number of nitrogens with zero attached hydrogens (tertiary/aromatic N) is 3. The zero-order valence-corrected chi connectivity index (χ0v) is 17.3. The number of ether oxygens (including phenoxy) is 1. The lowest BCUT2D eigenvalue weighted by Gasteiger charge is -2.18. The van der Waals surface area contributed by atoms with E-state index in [1.807, 2.05) is 16.8 Å². The minimum absolute atomic E-state index is 0.117. The summed E-state index contributed by atoms with van der Waals surface area (Å²) in [7, 11) is 0. The van der Waals surface area contributed by atoms with Crippen LogP contribution >= 0.6 is 39.1 Å². The van der Waals surface area contributed by atoms with Crippen molar-refractivity contribution in [2.24, 2.45) is 5.41 Å². The van der Waals surface area contributed by atoms with Crippen LogP contribution in [0.2, 0.25) is 10.0 Å². The lowest BCUT2D eigenvalue weighted by Crippen LogP contribution is -2.16. The summed E-state index contributed by atoms with van der Waals surface area (Å²) in [5.74, 6) is 0.686. The topological polar surface area (TPSA) is 39.9 Å². The minimum atomic E-state index is 0.117. The SMILES string of the molecule is CC(C)(C)Cn1nnc2c(Br)c(OCc3cc(Cl)ccc3Cl)ccc21. The van der Waals surface area contributed by atoms with Crippen molar-refractivity contribution in [2.75, 3.05) is 0 Å². The van der Waals surface area contributed by atoms with Gasteiger partial charge in [-0.3, -0.25) is 0 Å². The molecule has 0 saturated heterocycles. The summed E-state index contributed by atoms with van der Waals surface area (Å²) < 4.78 is 8.61. The average Bonchev–Trinajstić information content (AvgIpc) is 2.91. The summed E-state index contributed by atoms with van der Waals surface area (Å²) in [6.07, 6.45) is 0. The molecule has 0 fully saturated rings. The molecule has 0 bridgehead atoms. The molecule has 0 atom stereocenters. The molecule has 3 aromatic rings. The van der Waals surface area contributed by atoms with Crippen molar-refractivity contribution in [1.29, 1.82) is 0 Å². The van der Waals surface area contributed by atoms with E-state index in [0.29, 0.717) is 22.4 Å². The van der Waals surface area contributed by atoms with Gasteiger partial charge in [0.05, 0.1) is 9.99 Å². The number of hydrogen-bond acceptors (Lipinski definition) is 3. The number of hydrogen-bond donors (Lipinski definition) is 0. The van der Waals surface area contributed by atoms with Gasteiger partial charge in [-0.25, -0.2) is 4.68 Å². The second-order valence-electron chi connectivity index (χ2n) is 7.08. The highest BCUT2D eigenvalue weighted by atomic mass is 79.9. The van der Waals surface area contributed by atoms with E-state index in [2.05, 4.69) is 47.0 Å². The molecule has 0 spiro atoms. The third-order valence-corrected chi connectivity index (χ3v) is 4.98. The van der Waals surface area contributed by atoms with Gasteiger partial charge in [0.2, 0.25) is 0 Å². The van der Waals surface area contributed by atoms with Gasteiger partial charge in [-0.1, -0.05) is 49.2 Å². The molecule has 0 unspecified atom stereocenters. The lowest BCUT2D eigenvalue weighted by atomic mass is 9.97. The fourth-order valence-electron chi connectivity index (χ4n) is 2.47. The Bertz CT molecular complexity index is 919. The first-order valence-corrected chi connectivity index (χ1v) is 9.38. The highest BCUT2D eigenvalue weighted by Crippen LogP contribution is 2.33. The molecule has 0 N–H and O–H groups in total. The van der Waals surface area contributed by atoms with Gasteiger partial charge in [0.15, 0.2) is 0 Å². The van der Waals surface area contributed by atoms with Gasteiger partial charge < -0.3 is 4.74 Å². The normalized spacial score (nSPS) is 11.9. The molecule has 1 aromatic heterocycles. The lowest BCUT2D eigenvalue weighted by molar-refractivity contribution is 0.305. The molecule has 3 rings (SSSR count). The van der Waals surface area contributed by atoms with Crippen LogP contribution in [0.25, 0.3) is 11.0 Å². The first-order valence-electron chi connectivity index (χ1n) is 7.83. The van der Waals surface area contributed by atoms with Crippen molar-refractivity contribution in [3.63, 3.8) is 0 Å². The van der Waals surface area contributed by atoms with Crippen LogP contribution in [0.1, 0.15) is 26.3 Å². The van der Waals surface area contributed by atoms with Crippen LogP contribution in [-0.2, 0) is 13.2 Å². The van der Waals surface area contributed by atoms with Crippen LogP contribution in [0, 0.1) is 5.41 Å². The van der Waals surface area contributed by atoms with Crippen LogP contribution in [0.15, 0.2) is 34.8 Å². The molecule has 132 valence electrons. The van der Waals surface area contributed by atoms with Crippen LogP contribution in [0.5, 0.6) is 5.75 Å². The fourth-order valence-corrected chi connectivity index (χ4v) is 3.37. The average molecular weight is 443 g/mol. The van der Waals surface area contributed by atoms with E-state index >= 15 is 0 Å². The van der Waals surface area contributed by atoms with Gasteiger partial charge in [0.25, 0.3) is 0 Å². The Labute approximate surface area is 165 Å². The first kappa shape index (κ1) is 18.5. The second-order valence-corrected chi connectivity index (χ2v) is 8.71. The molecule has 0 radical (unpaired) electrons. The maximum Gasteiger partial charge on any atom is 0.136 e. The highest BCUT2D eigenvalue weighted by molar-refractivity contribution is 9.10. The molecule has 0 aliphatic rings. The van der Waals surface area contributed by atoms with Crippen LogP contribution < -0.4 is 4.74 Å². The zero-order valence-electron chi connectivity index (χ0n) is 14.2. The molecular weight excluding hydrogens is 425 g/mol. The van der Waals surface area contributed by atoms with E-state index in [4.69, 9.17) is 27.9 Å². The summed E-state index contributed by atoms with van der Waals surface area (Å²) in [4.78, 5) is 0. The van der Waals surface area contributed by atoms with Crippen molar-refractivity contribution in [2.45, 2.75) is 33.9 Å². The van der Waals surface area contributed by atoms with Crippen molar-refractivity contribution in [3.05, 3.63) is 50.4 Å². The summed E-state index contributed by atoms with van der Waals surface area (Å²) in [6.45, 7) is 7.61. The third kappa shape index (κ3) is 4.27. The van der Waals surface area contributed by atoms with Gasteiger partial charge in [-0.15, -0.1) is 5.10 Å². The van der Waals surface area contributed by atoms with E-state index < -0.39 is 0 Å². The number of halogens is 3. The fraction of sp³-hybridized carbons (Fsp3) is 0.333. The number of fused-ring (bicyclic) bond motifs is 1. The van der Waals surface area contributed by atoms with Gasteiger partial charge >= 0.3 is 0 Å². The molecule has 2 aromatic carbocycles. The largest absolute Gasteiger partial charge is 0.488 e. The van der Waals surface area contributed by atoms with Gasteiger partial charge in [-0.2, -0.15) is 0 Å². The Morgan fingerprint density at radius 3 is 2.64 bits per heavy atom. The minimum Gasteiger partial charge on any atom is -0.488 e. The summed E-state index contributed by atoms with van der Waals surface area (Å²) in [5.41, 5.74) is 2.69. The summed E-state index contributed by atoms with van der Waals surface area (Å²) in [5, 5.41) is 9.81. The van der Waals surface area contributed by atoms with Crippen molar-refractivity contribution < 1.29 is 4.74 Å². The number of benzene rings is 2. The molecule has 25 heavy (non-hydrogen) atoms.